The largest absolute Gasteiger partial charge is 0.363 e. The second kappa shape index (κ2) is 9.47. The number of carbonyl (C=O) groups is 1. The molecule has 1 N–H and O–H groups in total. The molecule has 1 aliphatic heterocycles. The predicted molar refractivity (Wildman–Crippen MR) is 126 cm³/mol. The fourth-order valence-corrected chi connectivity index (χ4v) is 4.10. The number of imidazole rings is 1. The highest BCUT2D eigenvalue weighted by atomic mass is 16.1. The molecule has 0 bridgehead atoms. The van der Waals surface area contributed by atoms with Crippen LogP contribution < -0.4 is 10.2 Å². The third-order valence-corrected chi connectivity index (χ3v) is 5.89. The lowest BCUT2D eigenvalue weighted by atomic mass is 10.1. The van der Waals surface area contributed by atoms with Crippen LogP contribution in [0.15, 0.2) is 36.4 Å². The maximum Gasteiger partial charge on any atom is 0.209 e. The second-order valence-electron chi connectivity index (χ2n) is 8.51. The van der Waals surface area contributed by atoms with Crippen LogP contribution in [0.25, 0.3) is 11.2 Å². The summed E-state index contributed by atoms with van der Waals surface area (Å²) in [5, 5.41) is 3.44. The highest BCUT2D eigenvalue weighted by Crippen LogP contribution is 2.25. The number of anilines is 3. The molecule has 0 atom stereocenters. The third kappa shape index (κ3) is 5.05. The molecule has 3 aromatic rings. The van der Waals surface area contributed by atoms with Gasteiger partial charge < -0.3 is 15.1 Å². The molecule has 4 rings (SSSR count). The van der Waals surface area contributed by atoms with Crippen molar-refractivity contribution in [2.75, 3.05) is 43.9 Å². The predicted octanol–water partition coefficient (Wildman–Crippen LogP) is 4.32. The molecule has 7 nitrogen and oxygen atoms in total. The Morgan fingerprint density at radius 3 is 2.42 bits per heavy atom. The number of Topliss-reactive ketones (excluding diaryl/α,β-unsaturated/α-hetero) is 1. The Hall–Kier alpha value is -2.93. The quantitative estimate of drug-likeness (QED) is 0.548. The van der Waals surface area contributed by atoms with Gasteiger partial charge in [0.25, 0.3) is 0 Å². The molecule has 1 aliphatic rings. The number of aryl methyl sites for hydroxylation is 1. The number of rotatable bonds is 8. The van der Waals surface area contributed by atoms with E-state index in [4.69, 9.17) is 9.97 Å². The van der Waals surface area contributed by atoms with Crippen molar-refractivity contribution in [1.82, 2.24) is 19.4 Å². The first-order valence-electron chi connectivity index (χ1n) is 11.2. The number of fused-ring (bicyclic) bond motifs is 1. The van der Waals surface area contributed by atoms with Crippen LogP contribution >= 0.6 is 0 Å². The number of nitrogens with zero attached hydrogens (tertiary/aromatic N) is 5. The molecular formula is C24H32N6O. The van der Waals surface area contributed by atoms with E-state index in [2.05, 4.69) is 14.8 Å². The Labute approximate surface area is 184 Å². The summed E-state index contributed by atoms with van der Waals surface area (Å²) >= 11 is 0. The fourth-order valence-electron chi connectivity index (χ4n) is 4.10. The van der Waals surface area contributed by atoms with E-state index in [9.17, 15) is 4.79 Å². The zero-order valence-electron chi connectivity index (χ0n) is 18.8. The Bertz CT molecular complexity index is 1030. The number of nitrogens with one attached hydrogen (secondary N) is 1. The smallest absolute Gasteiger partial charge is 0.209 e. The van der Waals surface area contributed by atoms with E-state index in [-0.39, 0.29) is 5.78 Å². The Morgan fingerprint density at radius 1 is 1.00 bits per heavy atom. The molecule has 31 heavy (non-hydrogen) atoms. The summed E-state index contributed by atoms with van der Waals surface area (Å²) in [5.74, 6) is 1.77. The maximum absolute atomic E-state index is 11.6. The molecule has 0 amide bonds. The highest BCUT2D eigenvalue weighted by Gasteiger charge is 2.15. The van der Waals surface area contributed by atoms with Crippen molar-refractivity contribution in [3.05, 3.63) is 42.0 Å². The van der Waals surface area contributed by atoms with Crippen LogP contribution in [0.1, 0.15) is 43.0 Å². The summed E-state index contributed by atoms with van der Waals surface area (Å²) in [6, 6.07) is 11.6. The van der Waals surface area contributed by atoms with Crippen molar-refractivity contribution in [1.29, 1.82) is 0 Å². The van der Waals surface area contributed by atoms with Crippen LogP contribution in [-0.4, -0.2) is 58.9 Å². The van der Waals surface area contributed by atoms with E-state index in [1.54, 1.807) is 6.92 Å². The molecule has 0 spiro atoms. The van der Waals surface area contributed by atoms with E-state index in [1.165, 1.54) is 32.4 Å². The highest BCUT2D eigenvalue weighted by molar-refractivity contribution is 5.94. The van der Waals surface area contributed by atoms with Gasteiger partial charge >= 0.3 is 0 Å². The van der Waals surface area contributed by atoms with Gasteiger partial charge in [0, 0.05) is 31.9 Å². The molecule has 0 saturated carbocycles. The number of benzene rings is 1. The van der Waals surface area contributed by atoms with Gasteiger partial charge in [-0.15, -0.1) is 0 Å². The zero-order valence-corrected chi connectivity index (χ0v) is 18.8. The molecule has 0 radical (unpaired) electrons. The number of hydrogen-bond donors (Lipinski definition) is 1. The first-order valence-corrected chi connectivity index (χ1v) is 11.2. The second-order valence-corrected chi connectivity index (χ2v) is 8.51. The summed E-state index contributed by atoms with van der Waals surface area (Å²) in [6.45, 7) is 5.95. The van der Waals surface area contributed by atoms with Gasteiger partial charge in [-0.2, -0.15) is 0 Å². The first kappa shape index (κ1) is 21.3. The van der Waals surface area contributed by atoms with E-state index < -0.39 is 0 Å². The minimum atomic E-state index is 0.0666. The van der Waals surface area contributed by atoms with Gasteiger partial charge in [-0.1, -0.05) is 6.42 Å². The number of ketones is 1. The number of piperidine rings is 1. The zero-order chi connectivity index (χ0) is 21.8. The summed E-state index contributed by atoms with van der Waals surface area (Å²) < 4.78 is 2.19. The van der Waals surface area contributed by atoms with E-state index in [0.29, 0.717) is 5.56 Å². The topological polar surface area (TPSA) is 66.3 Å². The lowest BCUT2D eigenvalue weighted by molar-refractivity contribution is 0.101. The number of carbonyl (C=O) groups excluding carboxylic acids is 1. The van der Waals surface area contributed by atoms with E-state index in [0.717, 1.165) is 48.1 Å². The molecule has 7 heteroatoms. The normalized spacial score (nSPS) is 14.7. The number of pyridine rings is 1. The van der Waals surface area contributed by atoms with Gasteiger partial charge in [0.05, 0.1) is 0 Å². The summed E-state index contributed by atoms with van der Waals surface area (Å²) in [7, 11) is 4.00. The number of hydrogen-bond acceptors (Lipinski definition) is 6. The van der Waals surface area contributed by atoms with Crippen LogP contribution in [0.5, 0.6) is 0 Å². The maximum atomic E-state index is 11.6. The Morgan fingerprint density at radius 2 is 1.74 bits per heavy atom. The monoisotopic (exact) mass is 420 g/mol. The molecule has 1 fully saturated rings. The van der Waals surface area contributed by atoms with Crippen molar-refractivity contribution in [2.45, 2.75) is 39.2 Å². The van der Waals surface area contributed by atoms with Crippen LogP contribution in [0.4, 0.5) is 17.5 Å². The van der Waals surface area contributed by atoms with Crippen LogP contribution in [-0.2, 0) is 6.54 Å². The SMILES string of the molecule is CC(=O)c1ccc(Nc2nc3ccc(N(C)C)nc3n2CCCN2CCCCC2)cc1. The van der Waals surface area contributed by atoms with Gasteiger partial charge in [0.1, 0.15) is 11.3 Å². The van der Waals surface area contributed by atoms with Crippen LogP contribution in [0.3, 0.4) is 0 Å². The lowest BCUT2D eigenvalue weighted by Gasteiger charge is -2.26. The van der Waals surface area contributed by atoms with E-state index in [1.807, 2.05) is 55.4 Å². The van der Waals surface area contributed by atoms with E-state index >= 15 is 0 Å². The van der Waals surface area contributed by atoms with Crippen molar-refractivity contribution in [2.24, 2.45) is 0 Å². The van der Waals surface area contributed by atoms with Crippen LogP contribution in [0.2, 0.25) is 0 Å². The molecule has 3 heterocycles. The summed E-state index contributed by atoms with van der Waals surface area (Å²) in [5.41, 5.74) is 3.39. The molecule has 1 saturated heterocycles. The van der Waals surface area contributed by atoms with Gasteiger partial charge in [0.2, 0.25) is 5.95 Å². The molecule has 2 aromatic heterocycles. The molecule has 0 unspecified atom stereocenters. The lowest BCUT2D eigenvalue weighted by Crippen LogP contribution is -2.31. The molecular weight excluding hydrogens is 388 g/mol. The van der Waals surface area contributed by atoms with Gasteiger partial charge in [0.15, 0.2) is 11.4 Å². The molecule has 164 valence electrons. The van der Waals surface area contributed by atoms with Crippen molar-refractivity contribution < 1.29 is 4.79 Å². The van der Waals surface area contributed by atoms with Gasteiger partial charge in [-0.05, 0) is 82.2 Å². The first-order chi connectivity index (χ1) is 15.0. The number of aromatic nitrogens is 3. The van der Waals surface area contributed by atoms with Gasteiger partial charge in [-0.25, -0.2) is 9.97 Å². The molecule has 1 aromatic carbocycles. The minimum absolute atomic E-state index is 0.0666. The number of likely N-dealkylation sites (tertiary alicyclic amines) is 1. The summed E-state index contributed by atoms with van der Waals surface area (Å²) in [4.78, 5) is 25.8. The third-order valence-electron chi connectivity index (χ3n) is 5.89. The summed E-state index contributed by atoms with van der Waals surface area (Å²) in [6.07, 6.45) is 5.03. The van der Waals surface area contributed by atoms with Crippen molar-refractivity contribution >= 4 is 34.4 Å². The van der Waals surface area contributed by atoms with Crippen LogP contribution in [0, 0.1) is 0 Å². The minimum Gasteiger partial charge on any atom is -0.363 e. The van der Waals surface area contributed by atoms with Crippen molar-refractivity contribution in [3.8, 4) is 0 Å². The standard InChI is InChI=1S/C24H32N6O/c1-18(31)19-8-10-20(11-9-19)25-24-26-21-12-13-22(28(2)3)27-23(21)30(24)17-7-16-29-14-5-4-6-15-29/h8-13H,4-7,14-17H2,1-3H3,(H,25,26). The average Bonchev–Trinajstić information content (AvgIpc) is 3.11. The van der Waals surface area contributed by atoms with Crippen molar-refractivity contribution in [3.63, 3.8) is 0 Å². The Balaban J connectivity index is 1.59. The molecule has 0 aliphatic carbocycles. The van der Waals surface area contributed by atoms with Gasteiger partial charge in [-0.3, -0.25) is 9.36 Å². The Kier molecular flexibility index (Phi) is 6.51. The average molecular weight is 421 g/mol. The fraction of sp³-hybridized carbons (Fsp3) is 0.458.